The van der Waals surface area contributed by atoms with E-state index in [4.69, 9.17) is 0 Å². The summed E-state index contributed by atoms with van der Waals surface area (Å²) in [6.07, 6.45) is -1.42. The van der Waals surface area contributed by atoms with Gasteiger partial charge in [-0.1, -0.05) is 5.16 Å². The van der Waals surface area contributed by atoms with Gasteiger partial charge in [0.15, 0.2) is 5.71 Å². The lowest BCUT2D eigenvalue weighted by Gasteiger charge is -2.17. The quantitative estimate of drug-likeness (QED) is 0.619. The molecule has 20 heavy (non-hydrogen) atoms. The zero-order valence-electron chi connectivity index (χ0n) is 11.1. The first-order chi connectivity index (χ1) is 9.56. The topological polar surface area (TPSA) is 41.9 Å². The molecule has 0 aromatic carbocycles. The van der Waals surface area contributed by atoms with Gasteiger partial charge in [-0.3, -0.25) is 0 Å². The summed E-state index contributed by atoms with van der Waals surface area (Å²) in [5.74, 6) is -0.835. The molecule has 4 nitrogen and oxygen atoms in total. The zero-order chi connectivity index (χ0) is 14.7. The molecule has 0 fully saturated rings. The molecule has 0 aliphatic carbocycles. The Hall–Kier alpha value is -1.76. The average Bonchev–Trinajstić information content (AvgIpc) is 3.00. The normalized spacial score (nSPS) is 16.8. The Labute approximate surface area is 119 Å². The smallest absolute Gasteiger partial charge is 0.364 e. The van der Waals surface area contributed by atoms with Gasteiger partial charge in [0.1, 0.15) is 0 Å². The minimum atomic E-state index is -2.82. The van der Waals surface area contributed by atoms with Crippen LogP contribution in [0.3, 0.4) is 0 Å². The summed E-state index contributed by atoms with van der Waals surface area (Å²) in [7, 11) is 0. The van der Waals surface area contributed by atoms with Gasteiger partial charge in [-0.05, 0) is 32.1 Å². The Morgan fingerprint density at radius 2 is 2.10 bits per heavy atom. The standard InChI is InChI=1S/C13H14F2N2O2S/c1-3-17(4-2)10-6-5-8(20-10)7-9-11(12(14)15)16-19-13(9)18/h5-7,12H,3-4H2,1-2H3/b9-7-. The number of rotatable bonds is 5. The average molecular weight is 300 g/mol. The Bertz CT molecular complexity index is 562. The van der Waals surface area contributed by atoms with Crippen molar-refractivity contribution in [2.45, 2.75) is 20.3 Å². The molecule has 0 atom stereocenters. The van der Waals surface area contributed by atoms with Crippen molar-refractivity contribution in [1.82, 2.24) is 0 Å². The summed E-state index contributed by atoms with van der Waals surface area (Å²) < 4.78 is 25.4. The van der Waals surface area contributed by atoms with Gasteiger partial charge in [0.05, 0.1) is 10.6 Å². The second-order valence-electron chi connectivity index (χ2n) is 4.06. The summed E-state index contributed by atoms with van der Waals surface area (Å²) in [5, 5.41) is 4.14. The van der Waals surface area contributed by atoms with Crippen LogP contribution in [-0.2, 0) is 9.63 Å². The van der Waals surface area contributed by atoms with E-state index in [0.717, 1.165) is 18.1 Å². The number of thiophene rings is 1. The van der Waals surface area contributed by atoms with Crippen LogP contribution in [0.2, 0.25) is 0 Å². The monoisotopic (exact) mass is 300 g/mol. The maximum atomic E-state index is 12.7. The lowest BCUT2D eigenvalue weighted by molar-refractivity contribution is -0.136. The number of carbonyl (C=O) groups is 1. The predicted octanol–water partition coefficient (Wildman–Crippen LogP) is 3.16. The van der Waals surface area contributed by atoms with Crippen molar-refractivity contribution in [3.8, 4) is 0 Å². The fraction of sp³-hybridized carbons (Fsp3) is 0.385. The predicted molar refractivity (Wildman–Crippen MR) is 75.4 cm³/mol. The van der Waals surface area contributed by atoms with Crippen molar-refractivity contribution < 1.29 is 18.4 Å². The van der Waals surface area contributed by atoms with Crippen molar-refractivity contribution in [1.29, 1.82) is 0 Å². The van der Waals surface area contributed by atoms with E-state index >= 15 is 0 Å². The molecular weight excluding hydrogens is 286 g/mol. The fourth-order valence-corrected chi connectivity index (χ4v) is 2.93. The molecule has 108 valence electrons. The van der Waals surface area contributed by atoms with Gasteiger partial charge in [0, 0.05) is 18.0 Å². The first-order valence-corrected chi connectivity index (χ1v) is 7.02. The number of nitrogens with zero attached hydrogens (tertiary/aromatic N) is 2. The summed E-state index contributed by atoms with van der Waals surface area (Å²) in [6, 6.07) is 3.70. The molecule has 2 heterocycles. The van der Waals surface area contributed by atoms with E-state index in [1.807, 2.05) is 19.9 Å². The van der Waals surface area contributed by atoms with Gasteiger partial charge in [0.25, 0.3) is 6.43 Å². The molecule has 0 spiro atoms. The van der Waals surface area contributed by atoms with Crippen LogP contribution in [0.4, 0.5) is 13.8 Å². The number of alkyl halides is 2. The first kappa shape index (κ1) is 14.6. The minimum Gasteiger partial charge on any atom is -0.364 e. The summed E-state index contributed by atoms with van der Waals surface area (Å²) in [4.78, 5) is 18.6. The molecule has 2 rings (SSSR count). The van der Waals surface area contributed by atoms with E-state index in [9.17, 15) is 13.6 Å². The highest BCUT2D eigenvalue weighted by atomic mass is 32.1. The molecule has 0 N–H and O–H groups in total. The molecule has 1 aromatic heterocycles. The van der Waals surface area contributed by atoms with Gasteiger partial charge in [-0.2, -0.15) is 0 Å². The van der Waals surface area contributed by atoms with Crippen LogP contribution in [0.15, 0.2) is 22.9 Å². The molecule has 1 aliphatic rings. The third-order valence-corrected chi connectivity index (χ3v) is 4.00. The first-order valence-electron chi connectivity index (χ1n) is 6.21. The lowest BCUT2D eigenvalue weighted by atomic mass is 10.1. The highest BCUT2D eigenvalue weighted by molar-refractivity contribution is 7.17. The summed E-state index contributed by atoms with van der Waals surface area (Å²) >= 11 is 1.43. The van der Waals surface area contributed by atoms with Crippen LogP contribution in [0.25, 0.3) is 6.08 Å². The second-order valence-corrected chi connectivity index (χ2v) is 5.16. The van der Waals surface area contributed by atoms with Crippen molar-refractivity contribution in [2.24, 2.45) is 5.16 Å². The molecule has 1 aliphatic heterocycles. The molecule has 0 bridgehead atoms. The van der Waals surface area contributed by atoms with Crippen molar-refractivity contribution in [3.05, 3.63) is 22.6 Å². The van der Waals surface area contributed by atoms with E-state index in [1.165, 1.54) is 17.4 Å². The van der Waals surface area contributed by atoms with E-state index in [-0.39, 0.29) is 5.57 Å². The SMILES string of the molecule is CCN(CC)c1ccc(/C=C2\C(=O)ON=C2C(F)F)s1. The number of oxime groups is 1. The number of hydrogen-bond acceptors (Lipinski definition) is 5. The second kappa shape index (κ2) is 6.13. The zero-order valence-corrected chi connectivity index (χ0v) is 11.9. The Kier molecular flexibility index (Phi) is 4.49. The van der Waals surface area contributed by atoms with E-state index in [0.29, 0.717) is 4.88 Å². The molecule has 0 radical (unpaired) electrons. The highest BCUT2D eigenvalue weighted by Crippen LogP contribution is 2.29. The van der Waals surface area contributed by atoms with Crippen LogP contribution < -0.4 is 4.90 Å². The molecule has 0 saturated heterocycles. The number of halogens is 2. The molecule has 7 heteroatoms. The Morgan fingerprint density at radius 1 is 1.40 bits per heavy atom. The largest absolute Gasteiger partial charge is 0.367 e. The van der Waals surface area contributed by atoms with Crippen LogP contribution in [0.1, 0.15) is 18.7 Å². The fourth-order valence-electron chi connectivity index (χ4n) is 1.85. The highest BCUT2D eigenvalue weighted by Gasteiger charge is 2.32. The van der Waals surface area contributed by atoms with Gasteiger partial charge in [-0.25, -0.2) is 13.6 Å². The molecule has 1 aromatic rings. The molecule has 0 saturated carbocycles. The van der Waals surface area contributed by atoms with Crippen LogP contribution in [-0.4, -0.2) is 31.2 Å². The minimum absolute atomic E-state index is 0.173. The Balaban J connectivity index is 2.27. The van der Waals surface area contributed by atoms with Crippen molar-refractivity contribution in [2.75, 3.05) is 18.0 Å². The van der Waals surface area contributed by atoms with Gasteiger partial charge < -0.3 is 9.74 Å². The van der Waals surface area contributed by atoms with Gasteiger partial charge in [0.2, 0.25) is 0 Å². The number of hydrogen-bond donors (Lipinski definition) is 0. The lowest BCUT2D eigenvalue weighted by Crippen LogP contribution is -2.20. The Morgan fingerprint density at radius 3 is 2.70 bits per heavy atom. The van der Waals surface area contributed by atoms with Crippen LogP contribution in [0.5, 0.6) is 0 Å². The summed E-state index contributed by atoms with van der Waals surface area (Å²) in [5.41, 5.74) is -0.777. The molecule has 0 unspecified atom stereocenters. The third-order valence-electron chi connectivity index (χ3n) is 2.90. The van der Waals surface area contributed by atoms with Crippen LogP contribution >= 0.6 is 11.3 Å². The van der Waals surface area contributed by atoms with Crippen molar-refractivity contribution >= 4 is 34.1 Å². The van der Waals surface area contributed by atoms with Crippen LogP contribution in [0, 0.1) is 0 Å². The van der Waals surface area contributed by atoms with E-state index in [2.05, 4.69) is 14.9 Å². The summed E-state index contributed by atoms with van der Waals surface area (Å²) in [6.45, 7) is 5.80. The van der Waals surface area contributed by atoms with Gasteiger partial charge in [-0.15, -0.1) is 11.3 Å². The maximum Gasteiger partial charge on any atom is 0.367 e. The van der Waals surface area contributed by atoms with E-state index < -0.39 is 18.1 Å². The van der Waals surface area contributed by atoms with Crippen molar-refractivity contribution in [3.63, 3.8) is 0 Å². The molecular formula is C13H14F2N2O2S. The third kappa shape index (κ3) is 2.87. The van der Waals surface area contributed by atoms with E-state index in [1.54, 1.807) is 6.07 Å². The number of carbonyl (C=O) groups excluding carboxylic acids is 1. The number of anilines is 1. The van der Waals surface area contributed by atoms with Gasteiger partial charge >= 0.3 is 5.97 Å². The molecule has 0 amide bonds. The maximum absolute atomic E-state index is 12.7.